The van der Waals surface area contributed by atoms with E-state index in [-0.39, 0.29) is 24.2 Å². The number of anilines is 1. The first kappa shape index (κ1) is 22.3. The lowest BCUT2D eigenvalue weighted by atomic mass is 10.2. The van der Waals surface area contributed by atoms with E-state index < -0.39 is 6.04 Å². The number of aliphatic hydroxyl groups is 1. The van der Waals surface area contributed by atoms with Crippen molar-refractivity contribution in [1.82, 2.24) is 20.1 Å². The van der Waals surface area contributed by atoms with Crippen molar-refractivity contribution in [3.8, 4) is 5.75 Å². The second-order valence-corrected chi connectivity index (χ2v) is 7.48. The standard InChI is InChI=1S/C21H23N5O4S/c1-26-19(17(12-27)23-20(29)14-8-10-16(30-2)11-9-14)24-25-21(26)31-13-18(28)22-15-6-4-3-5-7-15/h3-11,17,27H,12-13H2,1-2H3,(H,22,28)(H,23,29)/t17-/m1/s1. The Labute approximate surface area is 183 Å². The highest BCUT2D eigenvalue weighted by atomic mass is 32.2. The molecular formula is C21H23N5O4S. The number of hydrogen-bond acceptors (Lipinski definition) is 7. The molecule has 2 aromatic carbocycles. The number of aliphatic hydroxyl groups excluding tert-OH is 1. The molecule has 3 aromatic rings. The zero-order valence-electron chi connectivity index (χ0n) is 17.1. The van der Waals surface area contributed by atoms with Crippen LogP contribution < -0.4 is 15.4 Å². The number of ether oxygens (including phenoxy) is 1. The summed E-state index contributed by atoms with van der Waals surface area (Å²) >= 11 is 1.21. The van der Waals surface area contributed by atoms with Gasteiger partial charge in [0.2, 0.25) is 5.91 Å². The minimum atomic E-state index is -0.750. The summed E-state index contributed by atoms with van der Waals surface area (Å²) in [5.74, 6) is 0.633. The first-order valence-corrected chi connectivity index (χ1v) is 10.4. The van der Waals surface area contributed by atoms with E-state index in [1.807, 2.05) is 18.2 Å². The summed E-state index contributed by atoms with van der Waals surface area (Å²) in [7, 11) is 3.26. The maximum absolute atomic E-state index is 12.5. The average Bonchev–Trinajstić information content (AvgIpc) is 3.16. The van der Waals surface area contributed by atoms with Crippen LogP contribution in [0.3, 0.4) is 0 Å². The van der Waals surface area contributed by atoms with Gasteiger partial charge < -0.3 is 25.0 Å². The van der Waals surface area contributed by atoms with E-state index >= 15 is 0 Å². The molecule has 0 unspecified atom stereocenters. The molecule has 0 saturated carbocycles. The Kier molecular flexibility index (Phi) is 7.63. The molecule has 1 atom stereocenters. The number of nitrogens with zero attached hydrogens (tertiary/aromatic N) is 3. The zero-order valence-corrected chi connectivity index (χ0v) is 17.9. The first-order valence-electron chi connectivity index (χ1n) is 9.44. The Morgan fingerprint density at radius 1 is 1.13 bits per heavy atom. The predicted octanol–water partition coefficient (Wildman–Crippen LogP) is 2.02. The second kappa shape index (κ2) is 10.6. The Morgan fingerprint density at radius 3 is 2.48 bits per heavy atom. The number of thioether (sulfide) groups is 1. The quantitative estimate of drug-likeness (QED) is 0.435. The monoisotopic (exact) mass is 441 g/mol. The van der Waals surface area contributed by atoms with Crippen molar-refractivity contribution in [1.29, 1.82) is 0 Å². The smallest absolute Gasteiger partial charge is 0.251 e. The third-order valence-corrected chi connectivity index (χ3v) is 5.43. The molecule has 3 rings (SSSR count). The molecular weight excluding hydrogens is 418 g/mol. The third-order valence-electron chi connectivity index (χ3n) is 4.41. The van der Waals surface area contributed by atoms with Gasteiger partial charge in [-0.2, -0.15) is 0 Å². The van der Waals surface area contributed by atoms with E-state index in [1.54, 1.807) is 55.1 Å². The van der Waals surface area contributed by atoms with E-state index in [2.05, 4.69) is 20.8 Å². The molecule has 0 spiro atoms. The van der Waals surface area contributed by atoms with Crippen molar-refractivity contribution in [3.05, 3.63) is 66.0 Å². The van der Waals surface area contributed by atoms with Gasteiger partial charge in [-0.1, -0.05) is 30.0 Å². The van der Waals surface area contributed by atoms with E-state index in [0.717, 1.165) is 0 Å². The second-order valence-electron chi connectivity index (χ2n) is 6.54. The van der Waals surface area contributed by atoms with Crippen LogP contribution in [0.5, 0.6) is 5.75 Å². The Hall–Kier alpha value is -3.37. The minimum Gasteiger partial charge on any atom is -0.497 e. The summed E-state index contributed by atoms with van der Waals surface area (Å²) < 4.78 is 6.74. The Morgan fingerprint density at radius 2 is 1.84 bits per heavy atom. The maximum Gasteiger partial charge on any atom is 0.251 e. The lowest BCUT2D eigenvalue weighted by Crippen LogP contribution is -2.32. The van der Waals surface area contributed by atoms with Gasteiger partial charge in [0.05, 0.1) is 19.5 Å². The fourth-order valence-electron chi connectivity index (χ4n) is 2.78. The van der Waals surface area contributed by atoms with Gasteiger partial charge >= 0.3 is 0 Å². The number of methoxy groups -OCH3 is 1. The molecule has 0 fully saturated rings. The number of amides is 2. The summed E-state index contributed by atoms with van der Waals surface area (Å²) in [6.45, 7) is -0.354. The van der Waals surface area contributed by atoms with Crippen LogP contribution in [0.4, 0.5) is 5.69 Å². The van der Waals surface area contributed by atoms with Crippen LogP contribution in [0.25, 0.3) is 0 Å². The number of carbonyl (C=O) groups is 2. The van der Waals surface area contributed by atoms with Gasteiger partial charge in [-0.3, -0.25) is 9.59 Å². The molecule has 0 bridgehead atoms. The van der Waals surface area contributed by atoms with E-state index in [4.69, 9.17) is 4.74 Å². The number of carbonyl (C=O) groups excluding carboxylic acids is 2. The fraction of sp³-hybridized carbons (Fsp3) is 0.238. The molecule has 0 aliphatic carbocycles. The van der Waals surface area contributed by atoms with Crippen molar-refractivity contribution >= 4 is 29.3 Å². The molecule has 10 heteroatoms. The van der Waals surface area contributed by atoms with Crippen LogP contribution in [-0.4, -0.2) is 51.2 Å². The molecule has 2 amide bonds. The summed E-state index contributed by atoms with van der Waals surface area (Å²) in [6, 6.07) is 15.0. The molecule has 1 heterocycles. The van der Waals surface area contributed by atoms with Gasteiger partial charge in [-0.15, -0.1) is 10.2 Å². The number of benzene rings is 2. The topological polar surface area (TPSA) is 118 Å². The molecule has 0 saturated heterocycles. The Bertz CT molecular complexity index is 1020. The van der Waals surface area contributed by atoms with Crippen LogP contribution in [0.15, 0.2) is 59.8 Å². The molecule has 31 heavy (non-hydrogen) atoms. The highest BCUT2D eigenvalue weighted by Crippen LogP contribution is 2.20. The van der Waals surface area contributed by atoms with E-state index in [9.17, 15) is 14.7 Å². The number of hydrogen-bond donors (Lipinski definition) is 3. The van der Waals surface area contributed by atoms with Gasteiger partial charge in [-0.05, 0) is 36.4 Å². The number of aromatic nitrogens is 3. The third kappa shape index (κ3) is 5.83. The maximum atomic E-state index is 12.5. The van der Waals surface area contributed by atoms with Gasteiger partial charge in [0.25, 0.3) is 5.91 Å². The Balaban J connectivity index is 1.61. The van der Waals surface area contributed by atoms with Gasteiger partial charge in [-0.25, -0.2) is 0 Å². The number of rotatable bonds is 9. The average molecular weight is 442 g/mol. The van der Waals surface area contributed by atoms with E-state index in [0.29, 0.717) is 28.0 Å². The molecule has 0 aliphatic rings. The van der Waals surface area contributed by atoms with Crippen LogP contribution in [0.1, 0.15) is 22.2 Å². The summed E-state index contributed by atoms with van der Waals surface area (Å²) in [4.78, 5) is 24.7. The lowest BCUT2D eigenvalue weighted by Gasteiger charge is -2.16. The van der Waals surface area contributed by atoms with E-state index in [1.165, 1.54) is 11.8 Å². The normalized spacial score (nSPS) is 11.6. The molecule has 3 N–H and O–H groups in total. The van der Waals surface area contributed by atoms with Gasteiger partial charge in [0.15, 0.2) is 11.0 Å². The molecule has 0 aliphatic heterocycles. The summed E-state index contributed by atoms with van der Waals surface area (Å²) in [5.41, 5.74) is 1.14. The SMILES string of the molecule is COc1ccc(C(=O)N[C@H](CO)c2nnc(SCC(=O)Nc3ccccc3)n2C)cc1. The van der Waals surface area contributed by atoms with Crippen LogP contribution in [-0.2, 0) is 11.8 Å². The molecule has 9 nitrogen and oxygen atoms in total. The summed E-state index contributed by atoms with van der Waals surface area (Å²) in [6.07, 6.45) is 0. The highest BCUT2D eigenvalue weighted by molar-refractivity contribution is 7.99. The molecule has 0 radical (unpaired) electrons. The van der Waals surface area contributed by atoms with Crippen molar-refractivity contribution in [2.75, 3.05) is 24.8 Å². The van der Waals surface area contributed by atoms with Crippen molar-refractivity contribution < 1.29 is 19.4 Å². The van der Waals surface area contributed by atoms with Crippen LogP contribution in [0, 0.1) is 0 Å². The minimum absolute atomic E-state index is 0.142. The number of nitrogens with one attached hydrogen (secondary N) is 2. The van der Waals surface area contributed by atoms with Crippen molar-refractivity contribution in [2.24, 2.45) is 7.05 Å². The molecule has 162 valence electrons. The zero-order chi connectivity index (χ0) is 22.2. The largest absolute Gasteiger partial charge is 0.497 e. The summed E-state index contributed by atoms with van der Waals surface area (Å²) in [5, 5.41) is 24.0. The van der Waals surface area contributed by atoms with Crippen LogP contribution in [0.2, 0.25) is 0 Å². The van der Waals surface area contributed by atoms with Crippen LogP contribution >= 0.6 is 11.8 Å². The van der Waals surface area contributed by atoms with Crippen molar-refractivity contribution in [2.45, 2.75) is 11.2 Å². The fourth-order valence-corrected chi connectivity index (χ4v) is 3.50. The lowest BCUT2D eigenvalue weighted by molar-refractivity contribution is -0.113. The predicted molar refractivity (Wildman–Crippen MR) is 117 cm³/mol. The molecule has 1 aromatic heterocycles. The van der Waals surface area contributed by atoms with Gasteiger partial charge in [0, 0.05) is 18.3 Å². The highest BCUT2D eigenvalue weighted by Gasteiger charge is 2.22. The first-order chi connectivity index (χ1) is 15.0. The van der Waals surface area contributed by atoms with Gasteiger partial charge in [0.1, 0.15) is 11.8 Å². The number of para-hydroxylation sites is 1. The van der Waals surface area contributed by atoms with Crippen molar-refractivity contribution in [3.63, 3.8) is 0 Å².